The SMILES string of the molecule is O=C(Cc1cn2ccsc2n1)c1cnsn1. The zero-order valence-corrected chi connectivity index (χ0v) is 9.66. The number of imidazole rings is 1. The molecule has 0 radical (unpaired) electrons. The molecule has 0 aliphatic carbocycles. The number of fused-ring (bicyclic) bond motifs is 1. The molecule has 80 valence electrons. The van der Waals surface area contributed by atoms with E-state index in [9.17, 15) is 4.79 Å². The van der Waals surface area contributed by atoms with Crippen LogP contribution < -0.4 is 0 Å². The number of carbonyl (C=O) groups excluding carboxylic acids is 1. The zero-order valence-electron chi connectivity index (χ0n) is 8.03. The Balaban J connectivity index is 1.85. The van der Waals surface area contributed by atoms with Crippen molar-refractivity contribution in [2.45, 2.75) is 6.42 Å². The quantitative estimate of drug-likeness (QED) is 0.663. The van der Waals surface area contributed by atoms with Gasteiger partial charge in [-0.05, 0) is 0 Å². The minimum atomic E-state index is -0.0421. The summed E-state index contributed by atoms with van der Waals surface area (Å²) < 4.78 is 9.62. The van der Waals surface area contributed by atoms with E-state index in [-0.39, 0.29) is 12.2 Å². The van der Waals surface area contributed by atoms with Gasteiger partial charge >= 0.3 is 0 Å². The summed E-state index contributed by atoms with van der Waals surface area (Å²) in [5.74, 6) is -0.0421. The molecule has 0 N–H and O–H groups in total. The molecule has 0 aliphatic heterocycles. The normalized spacial score (nSPS) is 11.0. The second-order valence-corrected chi connectivity index (χ2v) is 4.65. The number of thiazole rings is 1. The molecule has 0 amide bonds. The number of hydrogen-bond acceptors (Lipinski definition) is 6. The Morgan fingerprint density at radius 1 is 1.50 bits per heavy atom. The van der Waals surface area contributed by atoms with Gasteiger partial charge in [-0.25, -0.2) is 4.98 Å². The van der Waals surface area contributed by atoms with Crippen molar-refractivity contribution < 1.29 is 4.79 Å². The van der Waals surface area contributed by atoms with Crippen molar-refractivity contribution in [3.63, 3.8) is 0 Å². The van der Waals surface area contributed by atoms with Gasteiger partial charge in [0.25, 0.3) is 0 Å². The van der Waals surface area contributed by atoms with Gasteiger partial charge in [0.2, 0.25) is 0 Å². The summed E-state index contributed by atoms with van der Waals surface area (Å²) in [5.41, 5.74) is 1.19. The van der Waals surface area contributed by atoms with Crippen molar-refractivity contribution in [2.75, 3.05) is 0 Å². The van der Waals surface area contributed by atoms with Crippen LogP contribution in [-0.4, -0.2) is 23.9 Å². The summed E-state index contributed by atoms with van der Waals surface area (Å²) >= 11 is 2.59. The Morgan fingerprint density at radius 3 is 3.19 bits per heavy atom. The van der Waals surface area contributed by atoms with Crippen LogP contribution in [0.15, 0.2) is 24.0 Å². The predicted molar refractivity (Wildman–Crippen MR) is 61.0 cm³/mol. The number of rotatable bonds is 3. The highest BCUT2D eigenvalue weighted by molar-refractivity contribution is 7.15. The zero-order chi connectivity index (χ0) is 11.0. The third-order valence-electron chi connectivity index (χ3n) is 2.13. The molecule has 3 heterocycles. The minimum absolute atomic E-state index is 0.0421. The monoisotopic (exact) mass is 250 g/mol. The number of aromatic nitrogens is 4. The maximum Gasteiger partial charge on any atom is 0.193 e. The van der Waals surface area contributed by atoms with Crippen molar-refractivity contribution in [3.05, 3.63) is 35.4 Å². The van der Waals surface area contributed by atoms with Crippen LogP contribution in [0, 0.1) is 0 Å². The van der Waals surface area contributed by atoms with Crippen molar-refractivity contribution in [1.29, 1.82) is 0 Å². The van der Waals surface area contributed by atoms with E-state index >= 15 is 0 Å². The molecule has 3 aromatic heterocycles. The molecule has 3 aromatic rings. The molecule has 16 heavy (non-hydrogen) atoms. The summed E-state index contributed by atoms with van der Waals surface area (Å²) in [7, 11) is 0. The number of carbonyl (C=O) groups is 1. The maximum absolute atomic E-state index is 11.7. The smallest absolute Gasteiger partial charge is 0.193 e. The first-order valence-electron chi connectivity index (χ1n) is 4.55. The Kier molecular flexibility index (Phi) is 2.26. The first kappa shape index (κ1) is 9.61. The number of ketones is 1. The first-order valence-corrected chi connectivity index (χ1v) is 6.16. The molecule has 0 bridgehead atoms. The Morgan fingerprint density at radius 2 is 2.44 bits per heavy atom. The average Bonchev–Trinajstić information content (AvgIpc) is 2.91. The Bertz CT molecular complexity index is 596. The van der Waals surface area contributed by atoms with Crippen LogP contribution in [0.4, 0.5) is 0 Å². The molecule has 0 fully saturated rings. The predicted octanol–water partition coefficient (Wildman–Crippen LogP) is 1.67. The van der Waals surface area contributed by atoms with E-state index in [4.69, 9.17) is 0 Å². The van der Waals surface area contributed by atoms with Gasteiger partial charge in [0.05, 0.1) is 30.0 Å². The van der Waals surface area contributed by atoms with Gasteiger partial charge in [-0.15, -0.1) is 11.3 Å². The lowest BCUT2D eigenvalue weighted by molar-refractivity contribution is 0.0988. The molecule has 0 atom stereocenters. The molecule has 0 aliphatic rings. The molecule has 0 unspecified atom stereocenters. The van der Waals surface area contributed by atoms with Gasteiger partial charge in [0.1, 0.15) is 5.69 Å². The highest BCUT2D eigenvalue weighted by Crippen LogP contribution is 2.12. The second kappa shape index (κ2) is 3.76. The first-order chi connectivity index (χ1) is 7.83. The molecule has 0 aromatic carbocycles. The van der Waals surface area contributed by atoms with Gasteiger partial charge in [0.15, 0.2) is 10.7 Å². The van der Waals surface area contributed by atoms with Gasteiger partial charge in [0, 0.05) is 17.8 Å². The van der Waals surface area contributed by atoms with Gasteiger partial charge in [-0.2, -0.15) is 8.75 Å². The highest BCUT2D eigenvalue weighted by Gasteiger charge is 2.12. The van der Waals surface area contributed by atoms with E-state index in [0.717, 1.165) is 22.4 Å². The fourth-order valence-corrected chi connectivity index (χ4v) is 2.55. The van der Waals surface area contributed by atoms with Crippen LogP contribution in [-0.2, 0) is 6.42 Å². The van der Waals surface area contributed by atoms with E-state index in [1.54, 1.807) is 11.3 Å². The van der Waals surface area contributed by atoms with Crippen molar-refractivity contribution in [1.82, 2.24) is 18.1 Å². The lowest BCUT2D eigenvalue weighted by atomic mass is 10.2. The van der Waals surface area contributed by atoms with Crippen molar-refractivity contribution in [2.24, 2.45) is 0 Å². The summed E-state index contributed by atoms with van der Waals surface area (Å²) in [5, 5.41) is 1.96. The molecule has 3 rings (SSSR count). The van der Waals surface area contributed by atoms with Crippen LogP contribution in [0.1, 0.15) is 16.2 Å². The maximum atomic E-state index is 11.7. The third kappa shape index (κ3) is 1.63. The van der Waals surface area contributed by atoms with Crippen LogP contribution in [0.5, 0.6) is 0 Å². The van der Waals surface area contributed by atoms with E-state index in [1.807, 2.05) is 22.2 Å². The number of Topliss-reactive ketones (excluding diaryl/α,β-unsaturated/α-hetero) is 1. The standard InChI is InChI=1S/C9H6N4OS2/c14-8(7-4-10-16-12-7)3-6-5-13-1-2-15-9(13)11-6/h1-2,4-5H,3H2. The molecule has 0 spiro atoms. The van der Waals surface area contributed by atoms with E-state index < -0.39 is 0 Å². The topological polar surface area (TPSA) is 60.2 Å². The average molecular weight is 250 g/mol. The van der Waals surface area contributed by atoms with Crippen LogP contribution in [0.25, 0.3) is 4.96 Å². The largest absolute Gasteiger partial charge is 0.297 e. The van der Waals surface area contributed by atoms with E-state index in [1.165, 1.54) is 6.20 Å². The van der Waals surface area contributed by atoms with Gasteiger partial charge < -0.3 is 0 Å². The van der Waals surface area contributed by atoms with Crippen LogP contribution in [0.3, 0.4) is 0 Å². The minimum Gasteiger partial charge on any atom is -0.297 e. The summed E-state index contributed by atoms with van der Waals surface area (Å²) in [6, 6.07) is 0. The van der Waals surface area contributed by atoms with Crippen LogP contribution >= 0.6 is 23.1 Å². The number of nitrogens with zero attached hydrogens (tertiary/aromatic N) is 4. The lowest BCUT2D eigenvalue weighted by Gasteiger charge is -1.91. The summed E-state index contributed by atoms with van der Waals surface area (Å²) in [6.45, 7) is 0. The molecule has 0 saturated carbocycles. The molecular weight excluding hydrogens is 244 g/mol. The highest BCUT2D eigenvalue weighted by atomic mass is 32.1. The fourth-order valence-electron chi connectivity index (χ4n) is 1.40. The second-order valence-electron chi connectivity index (χ2n) is 3.22. The lowest BCUT2D eigenvalue weighted by Crippen LogP contribution is -2.03. The molecule has 7 heteroatoms. The van der Waals surface area contributed by atoms with Crippen molar-refractivity contribution >= 4 is 33.8 Å². The van der Waals surface area contributed by atoms with E-state index in [0.29, 0.717) is 5.69 Å². The third-order valence-corrected chi connectivity index (χ3v) is 3.38. The van der Waals surface area contributed by atoms with E-state index in [2.05, 4.69) is 13.7 Å². The molecule has 0 saturated heterocycles. The Labute approximate surface area is 98.7 Å². The summed E-state index contributed by atoms with van der Waals surface area (Å²) in [6.07, 6.45) is 5.56. The van der Waals surface area contributed by atoms with Gasteiger partial charge in [-0.3, -0.25) is 9.20 Å². The summed E-state index contributed by atoms with van der Waals surface area (Å²) in [4.78, 5) is 17.0. The molecular formula is C9H6N4OS2. The fraction of sp³-hybridized carbons (Fsp3) is 0.111. The Hall–Kier alpha value is -1.60. The van der Waals surface area contributed by atoms with Crippen LogP contribution in [0.2, 0.25) is 0 Å². The number of hydrogen-bond donors (Lipinski definition) is 0. The molecule has 5 nitrogen and oxygen atoms in total. The van der Waals surface area contributed by atoms with Gasteiger partial charge in [-0.1, -0.05) is 0 Å². The van der Waals surface area contributed by atoms with Crippen molar-refractivity contribution in [3.8, 4) is 0 Å².